The lowest BCUT2D eigenvalue weighted by Gasteiger charge is -2.23. The summed E-state index contributed by atoms with van der Waals surface area (Å²) in [6.45, 7) is 9.23. The summed E-state index contributed by atoms with van der Waals surface area (Å²) in [7, 11) is 1.86. The molecule has 90 valence electrons. The SMILES string of the molecule is CCC(C)CN(C)C(=O)CC(N)C(C)C. The van der Waals surface area contributed by atoms with Crippen molar-refractivity contribution in [1.82, 2.24) is 4.90 Å². The van der Waals surface area contributed by atoms with Crippen LogP contribution in [-0.2, 0) is 4.79 Å². The van der Waals surface area contributed by atoms with Gasteiger partial charge in [0.15, 0.2) is 0 Å². The highest BCUT2D eigenvalue weighted by Gasteiger charge is 2.17. The van der Waals surface area contributed by atoms with Crippen molar-refractivity contribution in [3.63, 3.8) is 0 Å². The standard InChI is InChI=1S/C12H26N2O/c1-6-10(4)8-14(5)12(15)7-11(13)9(2)3/h9-11H,6-8,13H2,1-5H3. The van der Waals surface area contributed by atoms with Crippen LogP contribution in [0.3, 0.4) is 0 Å². The van der Waals surface area contributed by atoms with Crippen LogP contribution in [0.2, 0.25) is 0 Å². The van der Waals surface area contributed by atoms with Gasteiger partial charge in [0, 0.05) is 26.1 Å². The maximum absolute atomic E-state index is 11.8. The zero-order valence-corrected chi connectivity index (χ0v) is 10.8. The fraction of sp³-hybridized carbons (Fsp3) is 0.917. The predicted octanol–water partition coefficient (Wildman–Crippen LogP) is 1.86. The average Bonchev–Trinajstić information content (AvgIpc) is 2.16. The topological polar surface area (TPSA) is 46.3 Å². The van der Waals surface area contributed by atoms with E-state index < -0.39 is 0 Å². The van der Waals surface area contributed by atoms with Crippen molar-refractivity contribution in [1.29, 1.82) is 0 Å². The molecule has 0 spiro atoms. The molecule has 0 aliphatic rings. The Morgan fingerprint density at radius 1 is 1.33 bits per heavy atom. The first-order chi connectivity index (χ1) is 6.88. The molecule has 3 nitrogen and oxygen atoms in total. The molecule has 0 aromatic rings. The summed E-state index contributed by atoms with van der Waals surface area (Å²) in [5.41, 5.74) is 5.87. The first kappa shape index (κ1) is 14.4. The number of nitrogens with two attached hydrogens (primary N) is 1. The molecular weight excluding hydrogens is 188 g/mol. The van der Waals surface area contributed by atoms with E-state index in [0.717, 1.165) is 13.0 Å². The zero-order chi connectivity index (χ0) is 12.0. The number of amides is 1. The van der Waals surface area contributed by atoms with E-state index in [4.69, 9.17) is 5.73 Å². The van der Waals surface area contributed by atoms with E-state index in [1.54, 1.807) is 4.90 Å². The van der Waals surface area contributed by atoms with Crippen molar-refractivity contribution >= 4 is 5.91 Å². The summed E-state index contributed by atoms with van der Waals surface area (Å²) in [5.74, 6) is 1.09. The molecule has 15 heavy (non-hydrogen) atoms. The largest absolute Gasteiger partial charge is 0.345 e. The van der Waals surface area contributed by atoms with Gasteiger partial charge in [0.05, 0.1) is 0 Å². The summed E-state index contributed by atoms with van der Waals surface area (Å²) in [4.78, 5) is 13.6. The van der Waals surface area contributed by atoms with E-state index in [-0.39, 0.29) is 11.9 Å². The van der Waals surface area contributed by atoms with Crippen LogP contribution < -0.4 is 5.73 Å². The van der Waals surface area contributed by atoms with Crippen molar-refractivity contribution in [3.8, 4) is 0 Å². The van der Waals surface area contributed by atoms with Crippen LogP contribution in [0.4, 0.5) is 0 Å². The van der Waals surface area contributed by atoms with E-state index >= 15 is 0 Å². The number of carbonyl (C=O) groups excluding carboxylic acids is 1. The highest BCUT2D eigenvalue weighted by molar-refractivity contribution is 5.76. The number of rotatable bonds is 6. The Kier molecular flexibility index (Phi) is 6.57. The van der Waals surface area contributed by atoms with Crippen molar-refractivity contribution in [2.75, 3.05) is 13.6 Å². The minimum atomic E-state index is -0.0168. The Morgan fingerprint density at radius 3 is 2.27 bits per heavy atom. The first-order valence-electron chi connectivity index (χ1n) is 5.88. The molecular formula is C12H26N2O. The number of carbonyl (C=O) groups is 1. The lowest BCUT2D eigenvalue weighted by Crippen LogP contribution is -2.37. The second kappa shape index (κ2) is 6.83. The second-order valence-corrected chi connectivity index (χ2v) is 4.90. The highest BCUT2D eigenvalue weighted by atomic mass is 16.2. The third-order valence-corrected chi connectivity index (χ3v) is 2.97. The van der Waals surface area contributed by atoms with Crippen LogP contribution >= 0.6 is 0 Å². The fourth-order valence-corrected chi connectivity index (χ4v) is 1.29. The molecule has 0 aromatic heterocycles. The predicted molar refractivity (Wildman–Crippen MR) is 64.5 cm³/mol. The molecule has 0 saturated carbocycles. The van der Waals surface area contributed by atoms with Crippen LogP contribution in [0.25, 0.3) is 0 Å². The normalized spacial score (nSPS) is 15.1. The lowest BCUT2D eigenvalue weighted by atomic mass is 10.0. The zero-order valence-electron chi connectivity index (χ0n) is 10.8. The summed E-state index contributed by atoms with van der Waals surface area (Å²) >= 11 is 0. The minimum absolute atomic E-state index is 0.0168. The Hall–Kier alpha value is -0.570. The Balaban J connectivity index is 3.99. The molecule has 0 aromatic carbocycles. The summed E-state index contributed by atoms with van der Waals surface area (Å²) < 4.78 is 0. The van der Waals surface area contributed by atoms with Crippen LogP contribution in [0, 0.1) is 11.8 Å². The molecule has 1 amide bonds. The first-order valence-corrected chi connectivity index (χ1v) is 5.88. The van der Waals surface area contributed by atoms with Gasteiger partial charge >= 0.3 is 0 Å². The molecule has 2 N–H and O–H groups in total. The van der Waals surface area contributed by atoms with Gasteiger partial charge in [0.1, 0.15) is 0 Å². The molecule has 0 rings (SSSR count). The number of nitrogens with zero attached hydrogens (tertiary/aromatic N) is 1. The van der Waals surface area contributed by atoms with E-state index in [9.17, 15) is 4.79 Å². The van der Waals surface area contributed by atoms with E-state index in [2.05, 4.69) is 13.8 Å². The molecule has 0 aliphatic carbocycles. The van der Waals surface area contributed by atoms with Crippen molar-refractivity contribution in [3.05, 3.63) is 0 Å². The molecule has 0 fully saturated rings. The van der Waals surface area contributed by atoms with E-state index in [1.165, 1.54) is 0 Å². The monoisotopic (exact) mass is 214 g/mol. The third-order valence-electron chi connectivity index (χ3n) is 2.97. The molecule has 2 unspecified atom stereocenters. The van der Waals surface area contributed by atoms with Gasteiger partial charge < -0.3 is 10.6 Å². The van der Waals surface area contributed by atoms with Crippen molar-refractivity contribution < 1.29 is 4.79 Å². The quantitative estimate of drug-likeness (QED) is 0.733. The van der Waals surface area contributed by atoms with Gasteiger partial charge in [-0.3, -0.25) is 4.79 Å². The Bertz CT molecular complexity index is 192. The van der Waals surface area contributed by atoms with E-state index in [1.807, 2.05) is 20.9 Å². The van der Waals surface area contributed by atoms with Crippen LogP contribution in [-0.4, -0.2) is 30.4 Å². The highest BCUT2D eigenvalue weighted by Crippen LogP contribution is 2.08. The van der Waals surface area contributed by atoms with Crippen molar-refractivity contribution in [2.24, 2.45) is 17.6 Å². The Morgan fingerprint density at radius 2 is 1.87 bits per heavy atom. The average molecular weight is 214 g/mol. The molecule has 3 heteroatoms. The maximum atomic E-state index is 11.8. The molecule has 2 atom stereocenters. The van der Waals surface area contributed by atoms with Gasteiger partial charge in [0.25, 0.3) is 0 Å². The van der Waals surface area contributed by atoms with E-state index in [0.29, 0.717) is 18.3 Å². The molecule has 0 aliphatic heterocycles. The minimum Gasteiger partial charge on any atom is -0.345 e. The van der Waals surface area contributed by atoms with Gasteiger partial charge in [-0.15, -0.1) is 0 Å². The van der Waals surface area contributed by atoms with Gasteiger partial charge in [-0.2, -0.15) is 0 Å². The van der Waals surface area contributed by atoms with Gasteiger partial charge in [-0.1, -0.05) is 34.1 Å². The van der Waals surface area contributed by atoms with Crippen LogP contribution in [0.1, 0.15) is 40.5 Å². The van der Waals surface area contributed by atoms with Gasteiger partial charge in [-0.25, -0.2) is 0 Å². The molecule has 0 bridgehead atoms. The summed E-state index contributed by atoms with van der Waals surface area (Å²) in [5, 5.41) is 0. The fourth-order valence-electron chi connectivity index (χ4n) is 1.29. The smallest absolute Gasteiger partial charge is 0.223 e. The third kappa shape index (κ3) is 5.78. The lowest BCUT2D eigenvalue weighted by molar-refractivity contribution is -0.131. The summed E-state index contributed by atoms with van der Waals surface area (Å²) in [6, 6.07) is -0.0168. The molecule has 0 saturated heterocycles. The number of hydrogen-bond donors (Lipinski definition) is 1. The maximum Gasteiger partial charge on any atom is 0.223 e. The second-order valence-electron chi connectivity index (χ2n) is 4.90. The summed E-state index contributed by atoms with van der Waals surface area (Å²) in [6.07, 6.45) is 1.57. The molecule has 0 radical (unpaired) electrons. The molecule has 0 heterocycles. The van der Waals surface area contributed by atoms with Crippen LogP contribution in [0.15, 0.2) is 0 Å². The van der Waals surface area contributed by atoms with Crippen LogP contribution in [0.5, 0.6) is 0 Å². The Labute approximate surface area is 94.0 Å². The van der Waals surface area contributed by atoms with Crippen molar-refractivity contribution in [2.45, 2.75) is 46.6 Å². The van der Waals surface area contributed by atoms with Gasteiger partial charge in [-0.05, 0) is 11.8 Å². The number of hydrogen-bond acceptors (Lipinski definition) is 2. The van der Waals surface area contributed by atoms with Gasteiger partial charge in [0.2, 0.25) is 5.91 Å².